The van der Waals surface area contributed by atoms with Gasteiger partial charge in [0.2, 0.25) is 0 Å². The lowest BCUT2D eigenvalue weighted by atomic mass is 9.78. The van der Waals surface area contributed by atoms with Gasteiger partial charge in [-0.25, -0.2) is 0 Å². The van der Waals surface area contributed by atoms with E-state index in [1.54, 1.807) is 0 Å². The smallest absolute Gasteiger partial charge is 0.0210 e. The van der Waals surface area contributed by atoms with Gasteiger partial charge < -0.3 is 0 Å². The Morgan fingerprint density at radius 3 is 0.738 bits per heavy atom. The van der Waals surface area contributed by atoms with E-state index in [1.165, 1.54) is 231 Å². The predicted octanol–water partition coefficient (Wildman–Crippen LogP) is 16.3. The molecule has 0 aliphatic heterocycles. The second-order valence-electron chi connectivity index (χ2n) is 14.3. The fourth-order valence-corrected chi connectivity index (χ4v) is 7.11. The SMILES string of the molecule is CCCCCCCCCCCCCCCCC(CCCCCCCC)[C](CCCCCCCC)CCCCCCCC. The predicted molar refractivity (Wildman–Crippen MR) is 196 cm³/mol. The van der Waals surface area contributed by atoms with Gasteiger partial charge >= 0.3 is 0 Å². The molecule has 0 aliphatic carbocycles. The van der Waals surface area contributed by atoms with Gasteiger partial charge in [0.1, 0.15) is 0 Å². The van der Waals surface area contributed by atoms with Gasteiger partial charge in [-0.3, -0.25) is 0 Å². The highest BCUT2D eigenvalue weighted by molar-refractivity contribution is 4.96. The Morgan fingerprint density at radius 2 is 0.476 bits per heavy atom. The Labute approximate surface area is 270 Å². The Hall–Kier alpha value is 0. The van der Waals surface area contributed by atoms with Gasteiger partial charge in [0.05, 0.1) is 0 Å². The highest BCUT2D eigenvalue weighted by Crippen LogP contribution is 2.35. The number of unbranched alkanes of at least 4 members (excludes halogenated alkanes) is 28. The third kappa shape index (κ3) is 31.4. The summed E-state index contributed by atoms with van der Waals surface area (Å²) in [6, 6.07) is 0. The van der Waals surface area contributed by atoms with E-state index in [2.05, 4.69) is 27.7 Å². The molecule has 1 unspecified atom stereocenters. The molecule has 0 heteroatoms. The van der Waals surface area contributed by atoms with E-state index in [-0.39, 0.29) is 0 Å². The van der Waals surface area contributed by atoms with Crippen molar-refractivity contribution in [3.63, 3.8) is 0 Å². The molecule has 1 atom stereocenters. The molecule has 0 amide bonds. The Morgan fingerprint density at radius 1 is 0.262 bits per heavy atom. The quantitative estimate of drug-likeness (QED) is 0.0632. The summed E-state index contributed by atoms with van der Waals surface area (Å²) in [5.74, 6) is 2.96. The molecule has 0 aromatic heterocycles. The van der Waals surface area contributed by atoms with Crippen LogP contribution in [-0.2, 0) is 0 Å². The van der Waals surface area contributed by atoms with E-state index in [1.807, 2.05) is 5.92 Å². The number of hydrogen-bond acceptors (Lipinski definition) is 0. The average Bonchev–Trinajstić information content (AvgIpc) is 3.00. The molecule has 0 aromatic carbocycles. The van der Waals surface area contributed by atoms with Gasteiger partial charge in [-0.2, -0.15) is 0 Å². The topological polar surface area (TPSA) is 0 Å². The van der Waals surface area contributed by atoms with Crippen LogP contribution in [0.25, 0.3) is 0 Å². The standard InChI is InChI=1S/C42H85/c1-5-9-13-17-21-22-23-24-25-26-27-28-32-36-40-42(39-35-31-20-16-12-8-4)41(37-33-29-18-14-10-6-2)38-34-30-19-15-11-7-3/h42H,5-40H2,1-4H3. The Kier molecular flexibility index (Phi) is 37.2. The molecule has 253 valence electrons. The Bertz CT molecular complexity index is 437. The van der Waals surface area contributed by atoms with Gasteiger partial charge in [0.25, 0.3) is 0 Å². The highest BCUT2D eigenvalue weighted by atomic mass is 14.3. The van der Waals surface area contributed by atoms with Gasteiger partial charge in [-0.15, -0.1) is 0 Å². The minimum atomic E-state index is 0.944. The van der Waals surface area contributed by atoms with Crippen molar-refractivity contribution in [1.82, 2.24) is 0 Å². The summed E-state index contributed by atoms with van der Waals surface area (Å²) in [6.45, 7) is 9.35. The van der Waals surface area contributed by atoms with Crippen LogP contribution in [0.1, 0.15) is 259 Å². The summed E-state index contributed by atoms with van der Waals surface area (Å²) in [4.78, 5) is 0. The Balaban J connectivity index is 4.49. The minimum absolute atomic E-state index is 0.944. The van der Waals surface area contributed by atoms with Crippen LogP contribution in [0.5, 0.6) is 0 Å². The lowest BCUT2D eigenvalue weighted by Crippen LogP contribution is -2.14. The van der Waals surface area contributed by atoms with E-state index < -0.39 is 0 Å². The summed E-state index contributed by atoms with van der Waals surface area (Å²) in [5, 5.41) is 0. The maximum Gasteiger partial charge on any atom is -0.0210 e. The fraction of sp³-hybridized carbons (Fsp3) is 0.976. The van der Waals surface area contributed by atoms with Crippen molar-refractivity contribution in [2.75, 3.05) is 0 Å². The van der Waals surface area contributed by atoms with Crippen molar-refractivity contribution >= 4 is 0 Å². The molecule has 0 fully saturated rings. The van der Waals surface area contributed by atoms with E-state index in [0.717, 1.165) is 5.92 Å². The molecule has 0 saturated heterocycles. The van der Waals surface area contributed by atoms with Crippen molar-refractivity contribution in [2.24, 2.45) is 5.92 Å². The zero-order valence-electron chi connectivity index (χ0n) is 30.5. The van der Waals surface area contributed by atoms with Gasteiger partial charge in [0, 0.05) is 0 Å². The maximum absolute atomic E-state index is 2.35. The summed E-state index contributed by atoms with van der Waals surface area (Å²) in [5.41, 5.74) is 0. The first-order valence-electron chi connectivity index (χ1n) is 20.6. The highest BCUT2D eigenvalue weighted by Gasteiger charge is 2.21. The molecule has 0 rings (SSSR count). The fourth-order valence-electron chi connectivity index (χ4n) is 7.11. The second-order valence-corrected chi connectivity index (χ2v) is 14.3. The molecule has 0 saturated carbocycles. The molecule has 0 bridgehead atoms. The number of hydrogen-bond donors (Lipinski definition) is 0. The van der Waals surface area contributed by atoms with E-state index in [4.69, 9.17) is 0 Å². The molecule has 0 spiro atoms. The third-order valence-electron chi connectivity index (χ3n) is 10.1. The molecule has 1 radical (unpaired) electrons. The zero-order chi connectivity index (χ0) is 30.6. The average molecular weight is 590 g/mol. The summed E-state index contributed by atoms with van der Waals surface area (Å²) >= 11 is 0. The number of rotatable bonds is 37. The summed E-state index contributed by atoms with van der Waals surface area (Å²) in [7, 11) is 0. The molecule has 0 aromatic rings. The largest absolute Gasteiger partial charge is 0.0654 e. The molecule has 0 aliphatic rings. The molecule has 0 heterocycles. The van der Waals surface area contributed by atoms with Crippen LogP contribution in [0.4, 0.5) is 0 Å². The lowest BCUT2D eigenvalue weighted by molar-refractivity contribution is 0.371. The maximum atomic E-state index is 2.35. The van der Waals surface area contributed by atoms with Crippen LogP contribution >= 0.6 is 0 Å². The monoisotopic (exact) mass is 590 g/mol. The van der Waals surface area contributed by atoms with Crippen molar-refractivity contribution < 1.29 is 0 Å². The minimum Gasteiger partial charge on any atom is -0.0654 e. The summed E-state index contributed by atoms with van der Waals surface area (Å²) < 4.78 is 0. The first-order valence-corrected chi connectivity index (χ1v) is 20.6. The first-order chi connectivity index (χ1) is 20.8. The molecule has 0 N–H and O–H groups in total. The van der Waals surface area contributed by atoms with Crippen LogP contribution in [0.2, 0.25) is 0 Å². The molecular weight excluding hydrogens is 504 g/mol. The van der Waals surface area contributed by atoms with Crippen LogP contribution in [0.3, 0.4) is 0 Å². The van der Waals surface area contributed by atoms with Gasteiger partial charge in [-0.1, -0.05) is 233 Å². The van der Waals surface area contributed by atoms with Crippen LogP contribution in [0.15, 0.2) is 0 Å². The van der Waals surface area contributed by atoms with Gasteiger partial charge in [-0.05, 0) is 37.5 Å². The van der Waals surface area contributed by atoms with Crippen LogP contribution < -0.4 is 0 Å². The molecule has 42 heavy (non-hydrogen) atoms. The molecule has 0 nitrogen and oxygen atoms in total. The third-order valence-corrected chi connectivity index (χ3v) is 10.1. The summed E-state index contributed by atoms with van der Waals surface area (Å²) in [6.07, 6.45) is 52.7. The van der Waals surface area contributed by atoms with E-state index >= 15 is 0 Å². The van der Waals surface area contributed by atoms with E-state index in [9.17, 15) is 0 Å². The first kappa shape index (κ1) is 42.0. The normalized spacial score (nSPS) is 12.5. The second kappa shape index (κ2) is 37.2. The molecular formula is C42H85. The van der Waals surface area contributed by atoms with Crippen LogP contribution in [0, 0.1) is 11.8 Å². The van der Waals surface area contributed by atoms with Crippen molar-refractivity contribution in [3.05, 3.63) is 5.92 Å². The van der Waals surface area contributed by atoms with Gasteiger partial charge in [0.15, 0.2) is 0 Å². The van der Waals surface area contributed by atoms with E-state index in [0.29, 0.717) is 0 Å². The van der Waals surface area contributed by atoms with Crippen LogP contribution in [-0.4, -0.2) is 0 Å². The van der Waals surface area contributed by atoms with Crippen molar-refractivity contribution in [2.45, 2.75) is 259 Å². The lowest BCUT2D eigenvalue weighted by Gasteiger charge is -2.28. The van der Waals surface area contributed by atoms with Crippen molar-refractivity contribution in [3.8, 4) is 0 Å². The zero-order valence-corrected chi connectivity index (χ0v) is 30.5. The van der Waals surface area contributed by atoms with Crippen molar-refractivity contribution in [1.29, 1.82) is 0 Å².